The smallest absolute Gasteiger partial charge is 0.0896 e. The third-order valence-corrected chi connectivity index (χ3v) is 6.04. The van der Waals surface area contributed by atoms with Crippen molar-refractivity contribution < 1.29 is 4.57 Å². The summed E-state index contributed by atoms with van der Waals surface area (Å²) < 4.78 is 11.7. The first kappa shape index (κ1) is 9.23. The summed E-state index contributed by atoms with van der Waals surface area (Å²) in [7, 11) is -1.75. The number of hydrogen-bond acceptors (Lipinski definition) is 1. The van der Waals surface area contributed by atoms with Gasteiger partial charge in [0.15, 0.2) is 0 Å². The van der Waals surface area contributed by atoms with Gasteiger partial charge in [0.05, 0.1) is 7.14 Å². The summed E-state index contributed by atoms with van der Waals surface area (Å²) >= 11 is 0. The maximum absolute atomic E-state index is 11.7. The quantitative estimate of drug-likeness (QED) is 0.562. The number of hydrogen-bond donors (Lipinski definition) is 0. The monoisotopic (exact) mass is 148 g/mol. The minimum absolute atomic E-state index is 0.382. The molecule has 1 nitrogen and oxygen atoms in total. The Hall–Kier alpha value is 0.230. The van der Waals surface area contributed by atoms with Crippen LogP contribution in [0.4, 0.5) is 0 Å². The summed E-state index contributed by atoms with van der Waals surface area (Å²) in [6.07, 6.45) is 1.72. The van der Waals surface area contributed by atoms with E-state index in [4.69, 9.17) is 0 Å². The minimum Gasteiger partial charge on any atom is -0.323 e. The summed E-state index contributed by atoms with van der Waals surface area (Å²) in [4.78, 5) is 0. The van der Waals surface area contributed by atoms with Crippen molar-refractivity contribution in [2.45, 2.75) is 33.4 Å². The van der Waals surface area contributed by atoms with Gasteiger partial charge in [-0.3, -0.25) is 0 Å². The molecule has 0 rings (SSSR count). The van der Waals surface area contributed by atoms with Crippen molar-refractivity contribution in [2.24, 2.45) is 0 Å². The molecule has 0 aromatic carbocycles. The molecule has 0 aliphatic rings. The van der Waals surface area contributed by atoms with Crippen molar-refractivity contribution in [3.63, 3.8) is 0 Å². The Labute approximate surface area is 58.2 Å². The number of rotatable bonds is 3. The van der Waals surface area contributed by atoms with Gasteiger partial charge in [-0.25, -0.2) is 0 Å². The first-order valence-electron chi connectivity index (χ1n) is 3.64. The highest BCUT2D eigenvalue weighted by Crippen LogP contribution is 2.49. The second kappa shape index (κ2) is 3.41. The molecule has 0 N–H and O–H groups in total. The predicted octanol–water partition coefficient (Wildman–Crippen LogP) is 2.80. The zero-order chi connectivity index (χ0) is 7.49. The van der Waals surface area contributed by atoms with Crippen molar-refractivity contribution in [2.75, 3.05) is 12.3 Å². The first-order chi connectivity index (χ1) is 4.06. The van der Waals surface area contributed by atoms with Crippen molar-refractivity contribution in [1.29, 1.82) is 0 Å². The Kier molecular flexibility index (Phi) is 3.50. The van der Waals surface area contributed by atoms with Gasteiger partial charge in [0, 0.05) is 5.66 Å². The second-order valence-corrected chi connectivity index (χ2v) is 6.88. The van der Waals surface area contributed by atoms with Crippen molar-refractivity contribution in [3.05, 3.63) is 0 Å². The molecule has 0 aliphatic carbocycles. The van der Waals surface area contributed by atoms with Crippen LogP contribution in [0.25, 0.3) is 0 Å². The van der Waals surface area contributed by atoms with E-state index < -0.39 is 7.14 Å². The molecule has 0 unspecified atom stereocenters. The molecule has 0 bridgehead atoms. The molecule has 0 aliphatic heterocycles. The molecule has 9 heavy (non-hydrogen) atoms. The highest BCUT2D eigenvalue weighted by molar-refractivity contribution is 7.64. The van der Waals surface area contributed by atoms with Crippen LogP contribution in [0, 0.1) is 0 Å². The normalized spacial score (nSPS) is 12.6. The van der Waals surface area contributed by atoms with Crippen LogP contribution in [0.2, 0.25) is 0 Å². The molecule has 0 aromatic heterocycles. The summed E-state index contributed by atoms with van der Waals surface area (Å²) in [6.45, 7) is 8.14. The fourth-order valence-electron chi connectivity index (χ4n) is 0.954. The van der Waals surface area contributed by atoms with Gasteiger partial charge < -0.3 is 4.57 Å². The average Bonchev–Trinajstić information content (AvgIpc) is 1.86. The van der Waals surface area contributed by atoms with Gasteiger partial charge in [-0.15, -0.1) is 0 Å². The van der Waals surface area contributed by atoms with Gasteiger partial charge in [-0.05, 0) is 12.3 Å². The topological polar surface area (TPSA) is 17.1 Å². The lowest BCUT2D eigenvalue weighted by molar-refractivity contribution is 0.569. The molecule has 0 fully saturated rings. The summed E-state index contributed by atoms with van der Waals surface area (Å²) in [5.41, 5.74) is 0.382. The zero-order valence-electron chi connectivity index (χ0n) is 6.85. The molecule has 0 saturated carbocycles. The van der Waals surface area contributed by atoms with E-state index in [0.29, 0.717) is 5.66 Å². The van der Waals surface area contributed by atoms with Crippen molar-refractivity contribution in [1.82, 2.24) is 0 Å². The summed E-state index contributed by atoms with van der Waals surface area (Å²) in [6, 6.07) is 0. The third kappa shape index (κ3) is 2.14. The maximum Gasteiger partial charge on any atom is 0.0896 e. The Balaban J connectivity index is 4.11. The van der Waals surface area contributed by atoms with Crippen molar-refractivity contribution in [3.8, 4) is 0 Å². The van der Waals surface area contributed by atoms with E-state index in [0.717, 1.165) is 12.3 Å². The molecule has 0 heterocycles. The van der Waals surface area contributed by atoms with E-state index in [1.165, 1.54) is 0 Å². The van der Waals surface area contributed by atoms with Crippen LogP contribution in [0.15, 0.2) is 0 Å². The predicted molar refractivity (Wildman–Crippen MR) is 43.8 cm³/mol. The van der Waals surface area contributed by atoms with E-state index in [2.05, 4.69) is 0 Å². The van der Waals surface area contributed by atoms with E-state index in [9.17, 15) is 4.57 Å². The Morgan fingerprint density at radius 2 is 1.56 bits per heavy atom. The average molecular weight is 148 g/mol. The van der Waals surface area contributed by atoms with Gasteiger partial charge in [0.25, 0.3) is 0 Å². The lowest BCUT2D eigenvalue weighted by Gasteiger charge is -2.17. The van der Waals surface area contributed by atoms with Gasteiger partial charge in [0.2, 0.25) is 0 Å². The Morgan fingerprint density at radius 3 is 1.56 bits per heavy atom. The molecule has 0 aromatic rings. The largest absolute Gasteiger partial charge is 0.323 e. The van der Waals surface area contributed by atoms with Gasteiger partial charge in [-0.1, -0.05) is 27.7 Å². The molecule has 2 heteroatoms. The second-order valence-electron chi connectivity index (χ2n) is 2.68. The summed E-state index contributed by atoms with van der Waals surface area (Å²) in [5.74, 6) is 0. The van der Waals surface area contributed by atoms with Gasteiger partial charge in [0.1, 0.15) is 0 Å². The zero-order valence-corrected chi connectivity index (χ0v) is 7.74. The van der Waals surface area contributed by atoms with Crippen LogP contribution in [0.5, 0.6) is 0 Å². The van der Waals surface area contributed by atoms with Crippen molar-refractivity contribution >= 4 is 7.14 Å². The van der Waals surface area contributed by atoms with Crippen LogP contribution in [0.3, 0.4) is 0 Å². The Bertz CT molecular complexity index is 110. The highest BCUT2D eigenvalue weighted by atomic mass is 31.2. The van der Waals surface area contributed by atoms with Crippen LogP contribution in [-0.2, 0) is 4.57 Å². The maximum atomic E-state index is 11.7. The molecule has 0 atom stereocenters. The lowest BCUT2D eigenvalue weighted by atomic mass is 10.6. The molecule has 0 amide bonds. The minimum atomic E-state index is -1.75. The van der Waals surface area contributed by atoms with Gasteiger partial charge in [-0.2, -0.15) is 0 Å². The van der Waals surface area contributed by atoms with Crippen LogP contribution in [0.1, 0.15) is 27.7 Å². The summed E-state index contributed by atoms with van der Waals surface area (Å²) in [5, 5.41) is 0. The van der Waals surface area contributed by atoms with Crippen LogP contribution in [-0.4, -0.2) is 18.0 Å². The molecule has 0 radical (unpaired) electrons. The van der Waals surface area contributed by atoms with E-state index in [1.54, 1.807) is 0 Å². The first-order valence-corrected chi connectivity index (χ1v) is 5.79. The van der Waals surface area contributed by atoms with Crippen LogP contribution < -0.4 is 0 Å². The van der Waals surface area contributed by atoms with Crippen LogP contribution >= 0.6 is 7.14 Å². The molecular weight excluding hydrogens is 131 g/mol. The molecule has 56 valence electrons. The third-order valence-electron chi connectivity index (χ3n) is 2.01. The molecule has 0 spiro atoms. The fourth-order valence-corrected chi connectivity index (χ4v) is 2.86. The Morgan fingerprint density at radius 1 is 1.22 bits per heavy atom. The molecular formula is C7H17OP. The van der Waals surface area contributed by atoms with Gasteiger partial charge >= 0.3 is 0 Å². The standard InChI is InChI=1S/C7H17OP/c1-5-9(8,6-2)7(3)4/h7H,5-6H2,1-4H3. The van der Waals surface area contributed by atoms with E-state index in [1.807, 2.05) is 27.7 Å². The lowest BCUT2D eigenvalue weighted by Crippen LogP contribution is -2.01. The molecule has 0 saturated heterocycles. The SMILES string of the molecule is CCP(=O)(CC)C(C)C. The highest BCUT2D eigenvalue weighted by Gasteiger charge is 2.20. The fraction of sp³-hybridized carbons (Fsp3) is 1.00. The van der Waals surface area contributed by atoms with E-state index in [-0.39, 0.29) is 0 Å². The van der Waals surface area contributed by atoms with E-state index >= 15 is 0 Å².